The van der Waals surface area contributed by atoms with Crippen molar-refractivity contribution in [3.63, 3.8) is 0 Å². The van der Waals surface area contributed by atoms with Gasteiger partial charge in [-0.2, -0.15) is 0 Å². The van der Waals surface area contributed by atoms with Crippen LogP contribution in [0.1, 0.15) is 38.2 Å². The van der Waals surface area contributed by atoms with Crippen molar-refractivity contribution < 1.29 is 4.74 Å². The summed E-state index contributed by atoms with van der Waals surface area (Å²) in [7, 11) is 1.74. The second-order valence-corrected chi connectivity index (χ2v) is 6.40. The average Bonchev–Trinajstić information content (AvgIpc) is 2.41. The van der Waals surface area contributed by atoms with Crippen molar-refractivity contribution in [1.82, 2.24) is 5.32 Å². The van der Waals surface area contributed by atoms with E-state index >= 15 is 0 Å². The summed E-state index contributed by atoms with van der Waals surface area (Å²) < 4.78 is 5.11. The first-order valence-electron chi connectivity index (χ1n) is 7.66. The number of rotatable bonds is 8. The van der Waals surface area contributed by atoms with Crippen LogP contribution in [0.3, 0.4) is 0 Å². The number of methoxy groups -OCH3 is 1. The first-order valence-corrected chi connectivity index (χ1v) is 8.04. The van der Waals surface area contributed by atoms with Gasteiger partial charge in [-0.05, 0) is 30.4 Å². The highest BCUT2D eigenvalue weighted by molar-refractivity contribution is 6.31. The summed E-state index contributed by atoms with van der Waals surface area (Å²) in [6.45, 7) is 4.94. The topological polar surface area (TPSA) is 21.3 Å². The van der Waals surface area contributed by atoms with Crippen LogP contribution in [0.25, 0.3) is 0 Å². The maximum atomic E-state index is 6.43. The molecule has 0 spiro atoms. The minimum absolute atomic E-state index is 0.228. The third kappa shape index (κ3) is 3.55. The summed E-state index contributed by atoms with van der Waals surface area (Å²) >= 11 is 6.43. The number of nitrogens with one attached hydrogen (secondary N) is 1. The molecule has 0 amide bonds. The molecule has 1 aliphatic rings. The molecule has 0 aromatic heterocycles. The van der Waals surface area contributed by atoms with E-state index in [0.29, 0.717) is 0 Å². The highest BCUT2D eigenvalue weighted by Gasteiger charge is 2.45. The Morgan fingerprint density at radius 1 is 1.35 bits per heavy atom. The van der Waals surface area contributed by atoms with Gasteiger partial charge in [0.2, 0.25) is 0 Å². The Hall–Kier alpha value is -0.570. The zero-order valence-electron chi connectivity index (χ0n) is 12.6. The summed E-state index contributed by atoms with van der Waals surface area (Å²) in [5.74, 6) is 0.862. The van der Waals surface area contributed by atoms with Crippen molar-refractivity contribution in [1.29, 1.82) is 0 Å². The molecule has 3 heteroatoms. The van der Waals surface area contributed by atoms with E-state index in [1.807, 2.05) is 12.1 Å². The van der Waals surface area contributed by atoms with Crippen LogP contribution in [0, 0.1) is 5.92 Å². The van der Waals surface area contributed by atoms with E-state index in [1.165, 1.54) is 31.2 Å². The predicted molar refractivity (Wildman–Crippen MR) is 85.5 cm³/mol. The molecule has 0 saturated heterocycles. The maximum Gasteiger partial charge on any atom is 0.0587 e. The normalized spacial score (nSPS) is 25.4. The molecule has 0 bridgehead atoms. The van der Waals surface area contributed by atoms with Crippen molar-refractivity contribution in [3.8, 4) is 0 Å². The Morgan fingerprint density at radius 2 is 2.10 bits per heavy atom. The van der Waals surface area contributed by atoms with Crippen molar-refractivity contribution in [2.45, 2.75) is 38.0 Å². The van der Waals surface area contributed by atoms with Gasteiger partial charge in [-0.3, -0.25) is 0 Å². The summed E-state index contributed by atoms with van der Waals surface area (Å²) in [5.41, 5.74) is 1.55. The van der Waals surface area contributed by atoms with Crippen molar-refractivity contribution in [2.24, 2.45) is 5.92 Å². The molecule has 2 rings (SSSR count). The molecule has 20 heavy (non-hydrogen) atoms. The fourth-order valence-electron chi connectivity index (χ4n) is 3.51. The van der Waals surface area contributed by atoms with Gasteiger partial charge in [0.1, 0.15) is 0 Å². The Bertz CT molecular complexity index is 415. The third-order valence-electron chi connectivity index (χ3n) is 4.45. The fraction of sp³-hybridized carbons (Fsp3) is 0.647. The van der Waals surface area contributed by atoms with E-state index in [4.69, 9.17) is 16.3 Å². The number of hydrogen-bond donors (Lipinski definition) is 1. The van der Waals surface area contributed by atoms with Gasteiger partial charge in [-0.15, -0.1) is 0 Å². The van der Waals surface area contributed by atoms with Crippen molar-refractivity contribution >= 4 is 11.6 Å². The summed E-state index contributed by atoms with van der Waals surface area (Å²) in [5, 5.41) is 4.45. The Balaban J connectivity index is 2.04. The SMILES string of the molecule is CCCC1CC(CNCCOC)(c2ccccc2Cl)C1. The molecule has 0 atom stereocenters. The van der Waals surface area contributed by atoms with E-state index in [1.54, 1.807) is 7.11 Å². The standard InChI is InChI=1S/C17H26ClNO/c1-3-6-14-11-17(12-14,13-19-9-10-20-2)15-7-4-5-8-16(15)18/h4-5,7-8,14,19H,3,6,9-13H2,1-2H3. The molecule has 0 unspecified atom stereocenters. The molecule has 1 aromatic rings. The molecule has 1 aliphatic carbocycles. The van der Waals surface area contributed by atoms with Gasteiger partial charge in [0.15, 0.2) is 0 Å². The zero-order chi connectivity index (χ0) is 14.4. The molecule has 0 aliphatic heterocycles. The lowest BCUT2D eigenvalue weighted by Gasteiger charge is -2.49. The van der Waals surface area contributed by atoms with Crippen LogP contribution in [0.15, 0.2) is 24.3 Å². The van der Waals surface area contributed by atoms with Crippen LogP contribution in [-0.2, 0) is 10.2 Å². The minimum atomic E-state index is 0.228. The fourth-order valence-corrected chi connectivity index (χ4v) is 3.85. The van der Waals surface area contributed by atoms with Gasteiger partial charge < -0.3 is 10.1 Å². The van der Waals surface area contributed by atoms with Gasteiger partial charge in [-0.25, -0.2) is 0 Å². The van der Waals surface area contributed by atoms with E-state index in [9.17, 15) is 0 Å². The number of benzene rings is 1. The van der Waals surface area contributed by atoms with Crippen molar-refractivity contribution in [3.05, 3.63) is 34.9 Å². The molecular weight excluding hydrogens is 270 g/mol. The molecule has 1 fully saturated rings. The summed E-state index contributed by atoms with van der Waals surface area (Å²) in [6, 6.07) is 8.33. The van der Waals surface area contributed by atoms with E-state index < -0.39 is 0 Å². The molecule has 112 valence electrons. The van der Waals surface area contributed by atoms with Gasteiger partial charge >= 0.3 is 0 Å². The predicted octanol–water partition coefficient (Wildman–Crippen LogP) is 4.02. The lowest BCUT2D eigenvalue weighted by molar-refractivity contribution is 0.123. The third-order valence-corrected chi connectivity index (χ3v) is 4.78. The van der Waals surface area contributed by atoms with Crippen LogP contribution in [0.5, 0.6) is 0 Å². The monoisotopic (exact) mass is 295 g/mol. The largest absolute Gasteiger partial charge is 0.383 e. The maximum absolute atomic E-state index is 6.43. The lowest BCUT2D eigenvalue weighted by atomic mass is 9.57. The Morgan fingerprint density at radius 3 is 2.75 bits per heavy atom. The number of hydrogen-bond acceptors (Lipinski definition) is 2. The first kappa shape index (κ1) is 15.8. The molecule has 0 radical (unpaired) electrons. The second-order valence-electron chi connectivity index (χ2n) is 5.99. The van der Waals surface area contributed by atoms with E-state index in [0.717, 1.165) is 30.6 Å². The van der Waals surface area contributed by atoms with Crippen LogP contribution in [0.4, 0.5) is 0 Å². The molecular formula is C17H26ClNO. The lowest BCUT2D eigenvalue weighted by Crippen LogP contribution is -2.49. The van der Waals surface area contributed by atoms with Gasteiger partial charge in [0.25, 0.3) is 0 Å². The highest BCUT2D eigenvalue weighted by atomic mass is 35.5. The van der Waals surface area contributed by atoms with Crippen LogP contribution >= 0.6 is 11.6 Å². The number of halogens is 1. The molecule has 1 saturated carbocycles. The highest BCUT2D eigenvalue weighted by Crippen LogP contribution is 2.50. The summed E-state index contributed by atoms with van der Waals surface area (Å²) in [6.07, 6.45) is 5.12. The quantitative estimate of drug-likeness (QED) is 0.731. The van der Waals surface area contributed by atoms with E-state index in [2.05, 4.69) is 24.4 Å². The van der Waals surface area contributed by atoms with Gasteiger partial charge in [0.05, 0.1) is 6.61 Å². The Labute approximate surface area is 127 Å². The van der Waals surface area contributed by atoms with Crippen LogP contribution < -0.4 is 5.32 Å². The average molecular weight is 296 g/mol. The second kappa shape index (κ2) is 7.44. The van der Waals surface area contributed by atoms with Crippen molar-refractivity contribution in [2.75, 3.05) is 26.8 Å². The van der Waals surface area contributed by atoms with Gasteiger partial charge in [0, 0.05) is 30.6 Å². The molecule has 0 heterocycles. The summed E-state index contributed by atoms with van der Waals surface area (Å²) in [4.78, 5) is 0. The molecule has 1 N–H and O–H groups in total. The first-order chi connectivity index (χ1) is 9.72. The molecule has 2 nitrogen and oxygen atoms in total. The van der Waals surface area contributed by atoms with E-state index in [-0.39, 0.29) is 5.41 Å². The van der Waals surface area contributed by atoms with Gasteiger partial charge in [-0.1, -0.05) is 49.6 Å². The molecule has 1 aromatic carbocycles. The minimum Gasteiger partial charge on any atom is -0.383 e. The number of ether oxygens (including phenoxy) is 1. The smallest absolute Gasteiger partial charge is 0.0587 e. The zero-order valence-corrected chi connectivity index (χ0v) is 13.4. The van der Waals surface area contributed by atoms with Crippen LogP contribution in [0.2, 0.25) is 5.02 Å². The Kier molecular flexibility index (Phi) is 5.88. The van der Waals surface area contributed by atoms with Crippen LogP contribution in [-0.4, -0.2) is 26.8 Å².